The molecule has 0 aliphatic heterocycles. The standard InChI is InChI=1S/C29H34ClN3O3/c1-33(2)15-17-3-8-22(9-4-17)32-27-23-12-19(20-11-21(16-34)29(36)25(30)13-20)7-10-26(23)31-14-24(27)28(35)18-5-6-18/h7,10-14,17-18,22,34,36H,3-6,8-9,15-16H2,1-2H3,(H,31,32)/t17-,22-. The van der Waals surface area contributed by atoms with Crippen molar-refractivity contribution in [2.24, 2.45) is 11.8 Å². The number of anilines is 1. The van der Waals surface area contributed by atoms with E-state index in [9.17, 15) is 15.0 Å². The monoisotopic (exact) mass is 507 g/mol. The molecular weight excluding hydrogens is 474 g/mol. The molecule has 2 saturated carbocycles. The molecule has 0 amide bonds. The summed E-state index contributed by atoms with van der Waals surface area (Å²) in [7, 11) is 4.26. The van der Waals surface area contributed by atoms with Gasteiger partial charge < -0.3 is 20.4 Å². The molecule has 2 aromatic carbocycles. The normalized spacial score (nSPS) is 20.1. The van der Waals surface area contributed by atoms with Crippen molar-refractivity contribution in [3.8, 4) is 16.9 Å². The third kappa shape index (κ3) is 5.22. The van der Waals surface area contributed by atoms with Gasteiger partial charge in [-0.3, -0.25) is 9.78 Å². The van der Waals surface area contributed by atoms with E-state index in [-0.39, 0.29) is 29.1 Å². The van der Waals surface area contributed by atoms with Crippen molar-refractivity contribution in [1.82, 2.24) is 9.88 Å². The van der Waals surface area contributed by atoms with Crippen LogP contribution in [-0.4, -0.2) is 52.6 Å². The largest absolute Gasteiger partial charge is 0.506 e. The fourth-order valence-corrected chi connectivity index (χ4v) is 5.67. The number of rotatable bonds is 8. The fourth-order valence-electron chi connectivity index (χ4n) is 5.43. The molecule has 2 aliphatic rings. The number of aromatic hydroxyl groups is 1. The number of hydrogen-bond acceptors (Lipinski definition) is 6. The smallest absolute Gasteiger partial charge is 0.169 e. The second-order valence-electron chi connectivity index (χ2n) is 10.7. The maximum atomic E-state index is 13.2. The van der Waals surface area contributed by atoms with Crippen molar-refractivity contribution in [2.45, 2.75) is 51.2 Å². The molecule has 2 fully saturated rings. The lowest BCUT2D eigenvalue weighted by Crippen LogP contribution is -2.31. The molecule has 5 rings (SSSR count). The van der Waals surface area contributed by atoms with Gasteiger partial charge in [0.05, 0.1) is 28.4 Å². The minimum atomic E-state index is -0.308. The molecule has 1 heterocycles. The fraction of sp³-hybridized carbons (Fsp3) is 0.448. The third-order valence-corrected chi connectivity index (χ3v) is 7.83. The molecule has 6 nitrogen and oxygen atoms in total. The van der Waals surface area contributed by atoms with Crippen LogP contribution in [0.25, 0.3) is 22.0 Å². The second kappa shape index (κ2) is 10.4. The SMILES string of the molecule is CN(C)C[C@H]1CC[C@H](Nc2c(C(=O)C3CC3)cnc3ccc(-c4cc(Cl)c(O)c(CO)c4)cc23)CC1. The van der Waals surface area contributed by atoms with Crippen LogP contribution in [0, 0.1) is 11.8 Å². The summed E-state index contributed by atoms with van der Waals surface area (Å²) in [5.41, 5.74) is 4.43. The zero-order chi connectivity index (χ0) is 25.4. The summed E-state index contributed by atoms with van der Waals surface area (Å²) in [6.07, 6.45) is 8.13. The van der Waals surface area contributed by atoms with Crippen molar-refractivity contribution in [2.75, 3.05) is 26.0 Å². The molecule has 2 aliphatic carbocycles. The van der Waals surface area contributed by atoms with Crippen LogP contribution in [0.3, 0.4) is 0 Å². The minimum absolute atomic E-state index is 0.102. The number of Topliss-reactive ketones (excluding diaryl/α,β-unsaturated/α-hetero) is 1. The van der Waals surface area contributed by atoms with E-state index in [1.165, 1.54) is 12.8 Å². The van der Waals surface area contributed by atoms with Gasteiger partial charge in [0.25, 0.3) is 0 Å². The number of hydrogen-bond donors (Lipinski definition) is 3. The van der Waals surface area contributed by atoms with Gasteiger partial charge in [0.2, 0.25) is 0 Å². The lowest BCUT2D eigenvalue weighted by Gasteiger charge is -2.32. The van der Waals surface area contributed by atoms with Crippen LogP contribution in [0.2, 0.25) is 5.02 Å². The van der Waals surface area contributed by atoms with E-state index < -0.39 is 0 Å². The molecule has 0 saturated heterocycles. The van der Waals surface area contributed by atoms with Gasteiger partial charge >= 0.3 is 0 Å². The number of aliphatic hydroxyl groups excluding tert-OH is 1. The van der Waals surface area contributed by atoms with Gasteiger partial charge in [0.15, 0.2) is 5.78 Å². The number of carbonyl (C=O) groups excluding carboxylic acids is 1. The molecule has 1 aromatic heterocycles. The Kier molecular flexibility index (Phi) is 7.20. The van der Waals surface area contributed by atoms with E-state index in [2.05, 4.69) is 29.3 Å². The highest BCUT2D eigenvalue weighted by Crippen LogP contribution is 2.40. The number of pyridine rings is 1. The van der Waals surface area contributed by atoms with Crippen molar-refractivity contribution < 1.29 is 15.0 Å². The van der Waals surface area contributed by atoms with Gasteiger partial charge in [-0.05, 0) is 93.9 Å². The average molecular weight is 508 g/mol. The maximum Gasteiger partial charge on any atom is 0.169 e. The number of halogens is 1. The Hall–Kier alpha value is -2.67. The first-order chi connectivity index (χ1) is 17.3. The van der Waals surface area contributed by atoms with Gasteiger partial charge in [-0.1, -0.05) is 17.7 Å². The van der Waals surface area contributed by atoms with Gasteiger partial charge in [-0.15, -0.1) is 0 Å². The van der Waals surface area contributed by atoms with Crippen LogP contribution < -0.4 is 5.32 Å². The molecule has 0 bridgehead atoms. The Balaban J connectivity index is 1.53. The topological polar surface area (TPSA) is 85.7 Å². The van der Waals surface area contributed by atoms with E-state index >= 15 is 0 Å². The van der Waals surface area contributed by atoms with Gasteiger partial charge in [-0.25, -0.2) is 0 Å². The summed E-state index contributed by atoms with van der Waals surface area (Å²) in [4.78, 5) is 20.2. The molecular formula is C29H34ClN3O3. The molecule has 190 valence electrons. The number of aliphatic hydroxyl groups is 1. The first-order valence-electron chi connectivity index (χ1n) is 12.8. The predicted molar refractivity (Wildman–Crippen MR) is 145 cm³/mol. The van der Waals surface area contributed by atoms with E-state index in [1.807, 2.05) is 18.2 Å². The van der Waals surface area contributed by atoms with E-state index in [4.69, 9.17) is 11.6 Å². The van der Waals surface area contributed by atoms with Crippen molar-refractivity contribution in [3.63, 3.8) is 0 Å². The average Bonchev–Trinajstić information content (AvgIpc) is 3.71. The first kappa shape index (κ1) is 25.0. The van der Waals surface area contributed by atoms with Crippen molar-refractivity contribution >= 4 is 34.0 Å². The van der Waals surface area contributed by atoms with Crippen molar-refractivity contribution in [1.29, 1.82) is 0 Å². The van der Waals surface area contributed by atoms with Crippen molar-refractivity contribution in [3.05, 3.63) is 52.7 Å². The number of benzene rings is 2. The molecule has 0 radical (unpaired) electrons. The number of aromatic nitrogens is 1. The summed E-state index contributed by atoms with van der Waals surface area (Å²) >= 11 is 6.24. The maximum absolute atomic E-state index is 13.2. The molecule has 36 heavy (non-hydrogen) atoms. The molecule has 3 N–H and O–H groups in total. The summed E-state index contributed by atoms with van der Waals surface area (Å²) in [6.45, 7) is 0.808. The highest BCUT2D eigenvalue weighted by molar-refractivity contribution is 6.32. The first-order valence-corrected chi connectivity index (χ1v) is 13.2. The molecule has 3 aromatic rings. The number of nitrogens with one attached hydrogen (secondary N) is 1. The Morgan fingerprint density at radius 3 is 2.50 bits per heavy atom. The van der Waals surface area contributed by atoms with Crippen LogP contribution in [0.15, 0.2) is 36.5 Å². The third-order valence-electron chi connectivity index (χ3n) is 7.55. The Morgan fingerprint density at radius 2 is 1.83 bits per heavy atom. The van der Waals surface area contributed by atoms with E-state index in [0.29, 0.717) is 23.1 Å². The Bertz CT molecular complexity index is 1280. The van der Waals surface area contributed by atoms with E-state index in [0.717, 1.165) is 59.9 Å². The summed E-state index contributed by atoms with van der Waals surface area (Å²) in [5.74, 6) is 0.891. The molecule has 0 atom stereocenters. The molecule has 7 heteroatoms. The number of ketones is 1. The minimum Gasteiger partial charge on any atom is -0.506 e. The van der Waals surface area contributed by atoms with Gasteiger partial charge in [0.1, 0.15) is 5.75 Å². The van der Waals surface area contributed by atoms with Crippen LogP contribution >= 0.6 is 11.6 Å². The Morgan fingerprint density at radius 1 is 1.08 bits per heavy atom. The molecule has 0 unspecified atom stereocenters. The summed E-state index contributed by atoms with van der Waals surface area (Å²) in [6, 6.07) is 9.70. The lowest BCUT2D eigenvalue weighted by atomic mass is 9.85. The van der Waals surface area contributed by atoms with Crippen LogP contribution in [0.1, 0.15) is 54.4 Å². The highest BCUT2D eigenvalue weighted by atomic mass is 35.5. The van der Waals surface area contributed by atoms with Crippen LogP contribution in [-0.2, 0) is 6.61 Å². The number of nitrogens with zero attached hydrogens (tertiary/aromatic N) is 2. The lowest BCUT2D eigenvalue weighted by molar-refractivity contribution is 0.0968. The predicted octanol–water partition coefficient (Wildman–Crippen LogP) is 5.88. The van der Waals surface area contributed by atoms with Gasteiger partial charge in [-0.2, -0.15) is 0 Å². The van der Waals surface area contributed by atoms with E-state index in [1.54, 1.807) is 18.3 Å². The Labute approximate surface area is 217 Å². The number of carbonyl (C=O) groups is 1. The van der Waals surface area contributed by atoms with Gasteiger partial charge in [0, 0.05) is 35.7 Å². The zero-order valence-electron chi connectivity index (χ0n) is 20.9. The quantitative estimate of drug-likeness (QED) is 0.330. The zero-order valence-corrected chi connectivity index (χ0v) is 21.7. The summed E-state index contributed by atoms with van der Waals surface area (Å²) < 4.78 is 0. The number of fused-ring (bicyclic) bond motifs is 1. The van der Waals surface area contributed by atoms with Crippen LogP contribution in [0.5, 0.6) is 5.75 Å². The second-order valence-corrected chi connectivity index (χ2v) is 11.1. The highest BCUT2D eigenvalue weighted by Gasteiger charge is 2.33. The van der Waals surface area contributed by atoms with Crippen LogP contribution in [0.4, 0.5) is 5.69 Å². The molecule has 0 spiro atoms. The number of phenols is 1. The summed E-state index contributed by atoms with van der Waals surface area (Å²) in [5, 5.41) is 24.7.